The second kappa shape index (κ2) is 10.4. The fourth-order valence-corrected chi connectivity index (χ4v) is 5.47. The minimum absolute atomic E-state index is 0.00453. The average molecular weight is 535 g/mol. The van der Waals surface area contributed by atoms with Crippen LogP contribution in [0.15, 0.2) is 24.4 Å². The molecule has 10 heteroatoms. The number of aliphatic hydroxyl groups excluding tert-OH is 1. The third-order valence-corrected chi connectivity index (χ3v) is 7.83. The van der Waals surface area contributed by atoms with Crippen LogP contribution in [0.25, 0.3) is 22.2 Å². The molecule has 0 saturated heterocycles. The van der Waals surface area contributed by atoms with Crippen LogP contribution in [0.3, 0.4) is 0 Å². The fraction of sp³-hybridized carbons (Fsp3) is 0.483. The van der Waals surface area contributed by atoms with Gasteiger partial charge in [-0.2, -0.15) is 0 Å². The number of nitrogens with zero attached hydrogens (tertiary/aromatic N) is 1. The number of carbonyl (C=O) groups is 2. The number of hydrogen-bond acceptors (Lipinski definition) is 7. The molecule has 2 saturated carbocycles. The highest BCUT2D eigenvalue weighted by molar-refractivity contribution is 6.10. The molecule has 0 bridgehead atoms. The van der Waals surface area contributed by atoms with Crippen molar-refractivity contribution in [2.45, 2.75) is 70.6 Å². The van der Waals surface area contributed by atoms with E-state index < -0.39 is 6.10 Å². The number of aryl methyl sites for hydroxylation is 1. The molecule has 0 unspecified atom stereocenters. The number of nitrogens with one attached hydrogen (secondary N) is 3. The lowest BCUT2D eigenvalue weighted by Gasteiger charge is -2.30. The minimum atomic E-state index is -1.03. The van der Waals surface area contributed by atoms with Crippen molar-refractivity contribution in [3.8, 4) is 28.4 Å². The average Bonchev–Trinajstić information content (AvgIpc) is 3.51. The third-order valence-electron chi connectivity index (χ3n) is 7.83. The van der Waals surface area contributed by atoms with Crippen LogP contribution >= 0.6 is 0 Å². The summed E-state index contributed by atoms with van der Waals surface area (Å²) in [7, 11) is 0. The van der Waals surface area contributed by atoms with Gasteiger partial charge in [0, 0.05) is 29.5 Å². The predicted molar refractivity (Wildman–Crippen MR) is 144 cm³/mol. The van der Waals surface area contributed by atoms with E-state index in [1.54, 1.807) is 6.20 Å². The molecule has 1 aliphatic heterocycles. The van der Waals surface area contributed by atoms with Gasteiger partial charge in [-0.05, 0) is 76.5 Å². The van der Waals surface area contributed by atoms with Gasteiger partial charge in [0.25, 0.3) is 5.91 Å². The van der Waals surface area contributed by atoms with Gasteiger partial charge >= 0.3 is 0 Å². The van der Waals surface area contributed by atoms with Gasteiger partial charge in [0.2, 0.25) is 12.7 Å². The molecule has 1 aromatic carbocycles. The normalized spacial score (nSPS) is 21.0. The van der Waals surface area contributed by atoms with Crippen LogP contribution in [0.4, 0.5) is 0 Å². The Hall–Kier alpha value is -3.79. The molecule has 0 radical (unpaired) electrons. The van der Waals surface area contributed by atoms with Gasteiger partial charge in [0.05, 0.1) is 23.3 Å². The topological polar surface area (TPSA) is 135 Å². The maximum Gasteiger partial charge on any atom is 0.255 e. The van der Waals surface area contributed by atoms with Crippen molar-refractivity contribution in [2.75, 3.05) is 13.4 Å². The summed E-state index contributed by atoms with van der Waals surface area (Å²) in [6.45, 7) is 4.13. The lowest BCUT2D eigenvalue weighted by molar-refractivity contribution is -0.129. The summed E-state index contributed by atoms with van der Waals surface area (Å²) >= 11 is 0. The van der Waals surface area contributed by atoms with Crippen LogP contribution in [0.2, 0.25) is 0 Å². The Kier molecular flexibility index (Phi) is 6.80. The number of amides is 2. The zero-order valence-corrected chi connectivity index (χ0v) is 22.2. The first-order valence-corrected chi connectivity index (χ1v) is 13.7. The summed E-state index contributed by atoms with van der Waals surface area (Å²) < 4.78 is 17.8. The molecule has 6 rings (SSSR count). The molecule has 3 aromatic rings. The van der Waals surface area contributed by atoms with Crippen molar-refractivity contribution >= 4 is 22.8 Å². The summed E-state index contributed by atoms with van der Waals surface area (Å²) in [5, 5.41) is 15.5. The number of carbonyl (C=O) groups excluding carboxylic acids is 2. The summed E-state index contributed by atoms with van der Waals surface area (Å²) in [5.41, 5.74) is 4.20. The summed E-state index contributed by atoms with van der Waals surface area (Å²) in [6.07, 6.45) is 6.02. The highest BCUT2D eigenvalue weighted by Crippen LogP contribution is 2.49. The Morgan fingerprint density at radius 2 is 1.85 bits per heavy atom. The summed E-state index contributed by atoms with van der Waals surface area (Å²) in [4.78, 5) is 33.3. The van der Waals surface area contributed by atoms with Gasteiger partial charge in [-0.25, -0.2) is 0 Å². The molecule has 4 N–H and O–H groups in total. The third kappa shape index (κ3) is 5.13. The molecule has 2 fully saturated rings. The van der Waals surface area contributed by atoms with E-state index in [1.807, 2.05) is 25.1 Å². The van der Waals surface area contributed by atoms with Crippen molar-refractivity contribution in [2.24, 2.45) is 5.92 Å². The second-order valence-electron chi connectivity index (χ2n) is 10.8. The van der Waals surface area contributed by atoms with Crippen molar-refractivity contribution < 1.29 is 28.9 Å². The van der Waals surface area contributed by atoms with Crippen LogP contribution in [0.1, 0.15) is 61.5 Å². The smallest absolute Gasteiger partial charge is 0.255 e. The maximum absolute atomic E-state index is 13.5. The monoisotopic (exact) mass is 534 g/mol. The largest absolute Gasteiger partial charge is 0.493 e. The molecule has 2 amide bonds. The number of aromatic amines is 1. The quantitative estimate of drug-likeness (QED) is 0.347. The number of aliphatic hydroxyl groups is 1. The maximum atomic E-state index is 13.5. The highest BCUT2D eigenvalue weighted by atomic mass is 16.7. The van der Waals surface area contributed by atoms with Gasteiger partial charge in [0.1, 0.15) is 17.4 Å². The van der Waals surface area contributed by atoms with Crippen molar-refractivity contribution in [3.05, 3.63) is 35.7 Å². The van der Waals surface area contributed by atoms with E-state index in [-0.39, 0.29) is 30.7 Å². The molecule has 3 aliphatic rings. The summed E-state index contributed by atoms with van der Waals surface area (Å²) in [6, 6.07) is 5.70. The SMILES string of the molecule is Cc1[nH]c2c(-c3c(OCC4CC4)ccc4c3OCO4)ccnc2c1C(=O)N[C@H]1CC[C@@H](NC(=O)[C@H](C)O)CC1. The lowest BCUT2D eigenvalue weighted by Crippen LogP contribution is -2.46. The van der Waals surface area contributed by atoms with Crippen LogP contribution in [0.5, 0.6) is 17.2 Å². The van der Waals surface area contributed by atoms with Crippen LogP contribution in [0, 0.1) is 12.8 Å². The first-order chi connectivity index (χ1) is 18.9. The number of ether oxygens (including phenoxy) is 3. The van der Waals surface area contributed by atoms with E-state index >= 15 is 0 Å². The Bertz CT molecular complexity index is 1400. The van der Waals surface area contributed by atoms with Gasteiger partial charge in [0.15, 0.2) is 11.5 Å². The minimum Gasteiger partial charge on any atom is -0.493 e. The standard InChI is InChI=1S/C29H34N4O6/c1-15-23(29(36)33-19-7-5-18(6-8-19)32-28(35)16(2)34)26-25(31-15)20(11-12-30-26)24-21(37-13-17-3-4-17)9-10-22-27(24)39-14-38-22/h9-12,16-19,31,34H,3-8,13-14H2,1-2H3,(H,32,35)(H,33,36)/t16-,18-,19+/m0/s1. The Labute approximate surface area is 226 Å². The molecular weight excluding hydrogens is 500 g/mol. The zero-order valence-electron chi connectivity index (χ0n) is 22.2. The fourth-order valence-electron chi connectivity index (χ4n) is 5.47. The van der Waals surface area contributed by atoms with E-state index in [0.29, 0.717) is 35.1 Å². The summed E-state index contributed by atoms with van der Waals surface area (Å²) in [5.74, 6) is 2.07. The number of H-pyrrole nitrogens is 1. The Morgan fingerprint density at radius 1 is 1.10 bits per heavy atom. The molecule has 39 heavy (non-hydrogen) atoms. The first kappa shape index (κ1) is 25.5. The molecule has 0 spiro atoms. The van der Waals surface area contributed by atoms with E-state index in [0.717, 1.165) is 53.8 Å². The Morgan fingerprint density at radius 3 is 2.56 bits per heavy atom. The number of pyridine rings is 1. The van der Waals surface area contributed by atoms with Gasteiger partial charge in [-0.3, -0.25) is 14.6 Å². The number of aromatic nitrogens is 2. The van der Waals surface area contributed by atoms with Crippen molar-refractivity contribution in [1.82, 2.24) is 20.6 Å². The van der Waals surface area contributed by atoms with E-state index in [9.17, 15) is 14.7 Å². The van der Waals surface area contributed by atoms with Gasteiger partial charge in [-0.15, -0.1) is 0 Å². The predicted octanol–water partition coefficient (Wildman–Crippen LogP) is 3.59. The molecule has 10 nitrogen and oxygen atoms in total. The number of hydrogen-bond donors (Lipinski definition) is 4. The van der Waals surface area contributed by atoms with Crippen LogP contribution < -0.4 is 24.8 Å². The lowest BCUT2D eigenvalue weighted by atomic mass is 9.90. The molecule has 2 aromatic heterocycles. The first-order valence-electron chi connectivity index (χ1n) is 13.7. The van der Waals surface area contributed by atoms with E-state index in [4.69, 9.17) is 14.2 Å². The molecule has 1 atom stereocenters. The highest BCUT2D eigenvalue weighted by Gasteiger charge is 2.30. The number of rotatable bonds is 8. The second-order valence-corrected chi connectivity index (χ2v) is 10.8. The van der Waals surface area contributed by atoms with Gasteiger partial charge in [-0.1, -0.05) is 0 Å². The zero-order chi connectivity index (χ0) is 27.1. The number of fused-ring (bicyclic) bond motifs is 2. The molecule has 2 aliphatic carbocycles. The number of benzene rings is 1. The van der Waals surface area contributed by atoms with Crippen LogP contribution in [-0.2, 0) is 4.79 Å². The van der Waals surface area contributed by atoms with Crippen molar-refractivity contribution in [3.63, 3.8) is 0 Å². The Balaban J connectivity index is 1.25. The van der Waals surface area contributed by atoms with Crippen molar-refractivity contribution in [1.29, 1.82) is 0 Å². The van der Waals surface area contributed by atoms with Crippen LogP contribution in [-0.4, -0.2) is 58.5 Å². The molecule has 3 heterocycles. The molecular formula is C29H34N4O6. The molecule has 206 valence electrons. The van der Waals surface area contributed by atoms with Gasteiger partial charge < -0.3 is 34.9 Å². The van der Waals surface area contributed by atoms with E-state index in [1.165, 1.54) is 19.8 Å². The van der Waals surface area contributed by atoms with E-state index in [2.05, 4.69) is 20.6 Å².